The Morgan fingerprint density at radius 1 is 1.41 bits per heavy atom. The van der Waals surface area contributed by atoms with E-state index >= 15 is 0 Å². The van der Waals surface area contributed by atoms with Gasteiger partial charge in [-0.05, 0) is 12.8 Å². The van der Waals surface area contributed by atoms with Gasteiger partial charge in [0.05, 0.1) is 16.6 Å². The molecule has 0 amide bonds. The van der Waals surface area contributed by atoms with Crippen LogP contribution in [0.4, 0.5) is 5.69 Å². The highest BCUT2D eigenvalue weighted by Crippen LogP contribution is 2.25. The van der Waals surface area contributed by atoms with E-state index in [1.165, 1.54) is 24.3 Å². The Balaban J connectivity index is 2.21. The van der Waals surface area contributed by atoms with E-state index in [1.54, 1.807) is 0 Å². The number of carbonyl (C=O) groups is 1. The molecule has 0 radical (unpaired) electrons. The van der Waals surface area contributed by atoms with E-state index in [9.17, 15) is 23.3 Å². The number of rotatable bonds is 5. The number of nitro benzene ring substituents is 1. The van der Waals surface area contributed by atoms with Crippen LogP contribution >= 0.6 is 0 Å². The van der Waals surface area contributed by atoms with Crippen LogP contribution in [0.3, 0.4) is 0 Å². The molecule has 1 fully saturated rings. The molecule has 0 spiro atoms. The van der Waals surface area contributed by atoms with Gasteiger partial charge < -0.3 is 5.11 Å². The number of nitrogens with zero attached hydrogens (tertiary/aromatic N) is 2. The quantitative estimate of drug-likeness (QED) is 0.641. The monoisotopic (exact) mass is 328 g/mol. The molecule has 1 aromatic carbocycles. The largest absolute Gasteiger partial charge is 0.481 e. The molecular weight excluding hydrogens is 312 g/mol. The number of nitro groups is 1. The molecule has 1 unspecified atom stereocenters. The Morgan fingerprint density at radius 3 is 2.73 bits per heavy atom. The lowest BCUT2D eigenvalue weighted by molar-refractivity contribution is -0.385. The van der Waals surface area contributed by atoms with E-state index in [4.69, 9.17) is 5.11 Å². The van der Waals surface area contributed by atoms with Gasteiger partial charge in [-0.3, -0.25) is 14.9 Å². The maximum atomic E-state index is 12.4. The second kappa shape index (κ2) is 6.41. The summed E-state index contributed by atoms with van der Waals surface area (Å²) >= 11 is 0. The van der Waals surface area contributed by atoms with Gasteiger partial charge in [0.2, 0.25) is 10.0 Å². The van der Waals surface area contributed by atoms with Crippen molar-refractivity contribution in [3.8, 4) is 0 Å². The van der Waals surface area contributed by atoms with Gasteiger partial charge in [0.1, 0.15) is 0 Å². The van der Waals surface area contributed by atoms with Crippen molar-refractivity contribution in [1.82, 2.24) is 4.31 Å². The third kappa shape index (κ3) is 3.60. The molecule has 1 aliphatic rings. The van der Waals surface area contributed by atoms with Crippen LogP contribution in [0.15, 0.2) is 24.3 Å². The summed E-state index contributed by atoms with van der Waals surface area (Å²) in [6, 6.07) is 5.65. The number of aliphatic carboxylic acids is 1. The zero-order valence-electron chi connectivity index (χ0n) is 11.7. The molecule has 0 aromatic heterocycles. The van der Waals surface area contributed by atoms with Gasteiger partial charge in [0.15, 0.2) is 0 Å². The van der Waals surface area contributed by atoms with E-state index in [1.807, 2.05) is 0 Å². The van der Waals surface area contributed by atoms with E-state index in [-0.39, 0.29) is 24.3 Å². The molecular formula is C13H16N2O6S. The zero-order valence-corrected chi connectivity index (χ0v) is 12.5. The van der Waals surface area contributed by atoms with Crippen molar-refractivity contribution < 1.29 is 23.2 Å². The molecule has 0 saturated carbocycles. The molecule has 1 heterocycles. The fourth-order valence-corrected chi connectivity index (χ4v) is 4.13. The first kappa shape index (κ1) is 16.4. The molecule has 1 saturated heterocycles. The fraction of sp³-hybridized carbons (Fsp3) is 0.462. The SMILES string of the molecule is O=C(O)C1CCCN(S(=O)(=O)Cc2ccccc2[N+](=O)[O-])C1. The van der Waals surface area contributed by atoms with Crippen molar-refractivity contribution in [2.45, 2.75) is 18.6 Å². The predicted molar refractivity (Wildman–Crippen MR) is 77.7 cm³/mol. The molecule has 9 heteroatoms. The van der Waals surface area contributed by atoms with Crippen molar-refractivity contribution in [2.75, 3.05) is 13.1 Å². The van der Waals surface area contributed by atoms with Gasteiger partial charge in [-0.15, -0.1) is 0 Å². The highest BCUT2D eigenvalue weighted by atomic mass is 32.2. The van der Waals surface area contributed by atoms with Crippen LogP contribution in [0.5, 0.6) is 0 Å². The van der Waals surface area contributed by atoms with Crippen LogP contribution in [0.1, 0.15) is 18.4 Å². The standard InChI is InChI=1S/C13H16N2O6S/c16-13(17)10-5-3-7-14(8-10)22(20,21)9-11-4-1-2-6-12(11)15(18)19/h1-2,4,6,10H,3,5,7-9H2,(H,16,17). The average Bonchev–Trinajstić information content (AvgIpc) is 2.47. The van der Waals surface area contributed by atoms with E-state index in [0.29, 0.717) is 12.8 Å². The first-order chi connectivity index (χ1) is 10.3. The number of hydrogen-bond donors (Lipinski definition) is 1. The maximum Gasteiger partial charge on any atom is 0.307 e. The van der Waals surface area contributed by atoms with Crippen LogP contribution in [-0.2, 0) is 20.6 Å². The molecule has 22 heavy (non-hydrogen) atoms. The van der Waals surface area contributed by atoms with Crippen LogP contribution in [0.2, 0.25) is 0 Å². The van der Waals surface area contributed by atoms with Crippen molar-refractivity contribution >= 4 is 21.7 Å². The summed E-state index contributed by atoms with van der Waals surface area (Å²) in [4.78, 5) is 21.3. The Kier molecular flexibility index (Phi) is 4.77. The fourth-order valence-electron chi connectivity index (χ4n) is 2.50. The number of carboxylic acids is 1. The summed E-state index contributed by atoms with van der Waals surface area (Å²) in [5.41, 5.74) is -0.150. The lowest BCUT2D eigenvalue weighted by atomic mass is 10.0. The van der Waals surface area contributed by atoms with Gasteiger partial charge in [-0.25, -0.2) is 12.7 Å². The van der Waals surface area contributed by atoms with E-state index in [0.717, 1.165) is 4.31 Å². The summed E-state index contributed by atoms with van der Waals surface area (Å²) in [5.74, 6) is -2.25. The topological polar surface area (TPSA) is 118 Å². The van der Waals surface area contributed by atoms with Gasteiger partial charge in [0, 0.05) is 24.7 Å². The molecule has 1 aromatic rings. The lowest BCUT2D eigenvalue weighted by Crippen LogP contribution is -2.42. The van der Waals surface area contributed by atoms with Crippen molar-refractivity contribution in [2.24, 2.45) is 5.92 Å². The molecule has 1 aliphatic heterocycles. The smallest absolute Gasteiger partial charge is 0.307 e. The van der Waals surface area contributed by atoms with Crippen LogP contribution < -0.4 is 0 Å². The molecule has 0 aliphatic carbocycles. The van der Waals surface area contributed by atoms with E-state index < -0.39 is 32.6 Å². The van der Waals surface area contributed by atoms with Gasteiger partial charge >= 0.3 is 5.97 Å². The Labute approximate surface area is 127 Å². The minimum atomic E-state index is -3.79. The lowest BCUT2D eigenvalue weighted by Gasteiger charge is -2.29. The number of para-hydroxylation sites is 1. The van der Waals surface area contributed by atoms with Gasteiger partial charge in [-0.2, -0.15) is 0 Å². The Bertz CT molecular complexity index is 688. The summed E-state index contributed by atoms with van der Waals surface area (Å²) < 4.78 is 25.9. The van der Waals surface area contributed by atoms with Crippen molar-refractivity contribution in [1.29, 1.82) is 0 Å². The Morgan fingerprint density at radius 2 is 2.09 bits per heavy atom. The first-order valence-electron chi connectivity index (χ1n) is 6.74. The highest BCUT2D eigenvalue weighted by Gasteiger charge is 2.33. The predicted octanol–water partition coefficient (Wildman–Crippen LogP) is 1.22. The third-order valence-corrected chi connectivity index (χ3v) is 5.45. The number of piperidine rings is 1. The third-order valence-electron chi connectivity index (χ3n) is 3.65. The average molecular weight is 328 g/mol. The summed E-state index contributed by atoms with van der Waals surface area (Å²) in [6.07, 6.45) is 0.903. The molecule has 1 N–H and O–H groups in total. The number of sulfonamides is 1. The first-order valence-corrected chi connectivity index (χ1v) is 8.35. The van der Waals surface area contributed by atoms with Gasteiger partial charge in [0.25, 0.3) is 5.69 Å². The maximum absolute atomic E-state index is 12.4. The number of benzene rings is 1. The summed E-state index contributed by atoms with van der Waals surface area (Å²) in [5, 5.41) is 20.0. The molecule has 2 rings (SSSR count). The second-order valence-electron chi connectivity index (χ2n) is 5.18. The summed E-state index contributed by atoms with van der Waals surface area (Å²) in [6.45, 7) is 0.158. The molecule has 8 nitrogen and oxygen atoms in total. The number of hydrogen-bond acceptors (Lipinski definition) is 5. The van der Waals surface area contributed by atoms with Crippen LogP contribution in [0, 0.1) is 16.0 Å². The van der Waals surface area contributed by atoms with Gasteiger partial charge in [-0.1, -0.05) is 18.2 Å². The van der Waals surface area contributed by atoms with E-state index in [2.05, 4.69) is 0 Å². The number of carboxylic acid groups (broad SMARTS) is 1. The minimum Gasteiger partial charge on any atom is -0.481 e. The highest BCUT2D eigenvalue weighted by molar-refractivity contribution is 7.88. The zero-order chi connectivity index (χ0) is 16.3. The minimum absolute atomic E-state index is 0.0850. The van der Waals surface area contributed by atoms with Crippen molar-refractivity contribution in [3.63, 3.8) is 0 Å². The van der Waals surface area contributed by atoms with Crippen LogP contribution in [0.25, 0.3) is 0 Å². The Hall–Kier alpha value is -2.00. The summed E-state index contributed by atoms with van der Waals surface area (Å²) in [7, 11) is -3.79. The van der Waals surface area contributed by atoms with Crippen LogP contribution in [-0.4, -0.2) is 41.8 Å². The van der Waals surface area contributed by atoms with Crippen molar-refractivity contribution in [3.05, 3.63) is 39.9 Å². The second-order valence-corrected chi connectivity index (χ2v) is 7.15. The molecule has 0 bridgehead atoms. The normalized spacial score (nSPS) is 19.7. The molecule has 1 atom stereocenters. The molecule has 120 valence electrons.